The number of ether oxygens (including phenoxy) is 1. The van der Waals surface area contributed by atoms with Gasteiger partial charge in [-0.05, 0) is 55.0 Å². The van der Waals surface area contributed by atoms with E-state index in [1.165, 1.54) is 12.1 Å². The zero-order valence-electron chi connectivity index (χ0n) is 11.9. The molecule has 112 valence electrons. The lowest BCUT2D eigenvalue weighted by molar-refractivity contribution is 0.319. The van der Waals surface area contributed by atoms with Crippen molar-refractivity contribution in [3.05, 3.63) is 59.7 Å². The van der Waals surface area contributed by atoms with Crippen LogP contribution in [-0.4, -0.2) is 17.0 Å². The van der Waals surface area contributed by atoms with E-state index in [4.69, 9.17) is 20.4 Å². The fraction of sp³-hybridized carbons (Fsp3) is 0.176. The number of alkyl halides is 1. The highest BCUT2D eigenvalue weighted by Gasteiger charge is 1.93. The Morgan fingerprint density at radius 2 is 1.41 bits per heavy atom. The Bertz CT molecular complexity index is 640. The second-order valence-corrected chi connectivity index (χ2v) is 4.98. The van der Waals surface area contributed by atoms with Crippen molar-refractivity contribution in [2.75, 3.05) is 11.9 Å². The Hall–Kier alpha value is -2.50. The Morgan fingerprint density at radius 3 is 1.86 bits per heavy atom. The van der Waals surface area contributed by atoms with Crippen molar-refractivity contribution in [2.24, 2.45) is 0 Å². The van der Waals surface area contributed by atoms with E-state index in [1.807, 2.05) is 18.2 Å². The zero-order valence-corrected chi connectivity index (χ0v) is 13.5. The summed E-state index contributed by atoms with van der Waals surface area (Å²) in [6.45, 7) is 0.706. The number of phenols is 1. The largest absolute Gasteiger partial charge is 0.508 e. The van der Waals surface area contributed by atoms with Crippen LogP contribution >= 0.6 is 15.9 Å². The van der Waals surface area contributed by atoms with E-state index >= 15 is 0 Å². The molecule has 2 aromatic carbocycles. The average molecular weight is 359 g/mol. The molecular formula is C17H15BrN2O2. The summed E-state index contributed by atoms with van der Waals surface area (Å²) in [5, 5.41) is 26.5. The molecule has 0 aliphatic carbocycles. The topological polar surface area (TPSA) is 77.0 Å². The fourth-order valence-electron chi connectivity index (χ4n) is 1.41. The summed E-state index contributed by atoms with van der Waals surface area (Å²) in [5.74, 6) is 1.01. The van der Waals surface area contributed by atoms with E-state index in [0.717, 1.165) is 17.5 Å². The summed E-state index contributed by atoms with van der Waals surface area (Å²) in [4.78, 5) is 0. The Labute approximate surface area is 138 Å². The number of hydrogen-bond donors (Lipinski definition) is 1. The summed E-state index contributed by atoms with van der Waals surface area (Å²) < 4.78 is 5.41. The maximum atomic E-state index is 8.74. The lowest BCUT2D eigenvalue weighted by Gasteiger charge is -2.03. The smallest absolute Gasteiger partial charge is 0.119 e. The van der Waals surface area contributed by atoms with Gasteiger partial charge in [-0.2, -0.15) is 10.5 Å². The number of rotatable bonds is 4. The number of benzene rings is 2. The van der Waals surface area contributed by atoms with Crippen LogP contribution in [0.4, 0.5) is 0 Å². The third kappa shape index (κ3) is 6.78. The lowest BCUT2D eigenvalue weighted by atomic mass is 10.2. The van der Waals surface area contributed by atoms with Gasteiger partial charge in [0.2, 0.25) is 0 Å². The molecular weight excluding hydrogens is 344 g/mol. The lowest BCUT2D eigenvalue weighted by Crippen LogP contribution is -1.97. The second kappa shape index (κ2) is 10.3. The van der Waals surface area contributed by atoms with Crippen molar-refractivity contribution in [3.63, 3.8) is 0 Å². The number of hydrogen-bond acceptors (Lipinski definition) is 4. The van der Waals surface area contributed by atoms with Gasteiger partial charge in [0.15, 0.2) is 0 Å². The van der Waals surface area contributed by atoms with Crippen molar-refractivity contribution in [1.29, 1.82) is 10.5 Å². The molecule has 0 aliphatic heterocycles. The highest BCUT2D eigenvalue weighted by molar-refractivity contribution is 9.09. The minimum atomic E-state index is 0.189. The molecule has 0 spiro atoms. The highest BCUT2D eigenvalue weighted by Crippen LogP contribution is 2.11. The molecule has 0 fully saturated rings. The average Bonchev–Trinajstić information content (AvgIpc) is 2.57. The molecule has 5 heteroatoms. The Balaban J connectivity index is 0.000000235. The van der Waals surface area contributed by atoms with Gasteiger partial charge in [0.25, 0.3) is 0 Å². The first kappa shape index (κ1) is 17.6. The summed E-state index contributed by atoms with van der Waals surface area (Å²) >= 11 is 3.32. The molecule has 4 nitrogen and oxygen atoms in total. The maximum absolute atomic E-state index is 8.74. The molecule has 0 bridgehead atoms. The molecule has 0 unspecified atom stereocenters. The van der Waals surface area contributed by atoms with Crippen LogP contribution in [0.1, 0.15) is 17.5 Å². The molecule has 0 saturated heterocycles. The second-order valence-electron chi connectivity index (χ2n) is 4.19. The van der Waals surface area contributed by atoms with E-state index in [9.17, 15) is 0 Å². The van der Waals surface area contributed by atoms with Gasteiger partial charge in [-0.15, -0.1) is 0 Å². The third-order valence-corrected chi connectivity index (χ3v) is 3.09. The third-order valence-electron chi connectivity index (χ3n) is 2.53. The van der Waals surface area contributed by atoms with Crippen molar-refractivity contribution in [1.82, 2.24) is 0 Å². The summed E-state index contributed by atoms with van der Waals surface area (Å²) in [6.07, 6.45) is 0.986. The van der Waals surface area contributed by atoms with Gasteiger partial charge in [0.1, 0.15) is 11.5 Å². The van der Waals surface area contributed by atoms with Crippen LogP contribution < -0.4 is 4.74 Å². The Kier molecular flexibility index (Phi) is 8.18. The quantitative estimate of drug-likeness (QED) is 0.662. The van der Waals surface area contributed by atoms with Crippen molar-refractivity contribution in [2.45, 2.75) is 6.42 Å². The molecule has 22 heavy (non-hydrogen) atoms. The van der Waals surface area contributed by atoms with Gasteiger partial charge in [0.05, 0.1) is 29.9 Å². The minimum absolute atomic E-state index is 0.189. The zero-order chi connectivity index (χ0) is 16.2. The van der Waals surface area contributed by atoms with Gasteiger partial charge >= 0.3 is 0 Å². The van der Waals surface area contributed by atoms with Crippen LogP contribution in [-0.2, 0) is 0 Å². The van der Waals surface area contributed by atoms with Gasteiger partial charge in [0, 0.05) is 5.33 Å². The number of phenolic OH excluding ortho intramolecular Hbond substituents is 1. The molecule has 0 aliphatic rings. The van der Waals surface area contributed by atoms with E-state index in [1.54, 1.807) is 24.3 Å². The van der Waals surface area contributed by atoms with E-state index in [-0.39, 0.29) is 5.75 Å². The van der Waals surface area contributed by atoms with Crippen molar-refractivity contribution in [3.8, 4) is 23.6 Å². The summed E-state index contributed by atoms with van der Waals surface area (Å²) in [6, 6.07) is 17.2. The van der Waals surface area contributed by atoms with Crippen LogP contribution in [0, 0.1) is 22.7 Å². The first-order valence-corrected chi connectivity index (χ1v) is 7.70. The van der Waals surface area contributed by atoms with Gasteiger partial charge in [-0.3, -0.25) is 0 Å². The summed E-state index contributed by atoms with van der Waals surface area (Å²) in [5.41, 5.74) is 1.22. The monoisotopic (exact) mass is 358 g/mol. The van der Waals surface area contributed by atoms with Gasteiger partial charge in [-0.25, -0.2) is 0 Å². The van der Waals surface area contributed by atoms with Crippen LogP contribution in [0.25, 0.3) is 0 Å². The van der Waals surface area contributed by atoms with Crippen LogP contribution in [0.3, 0.4) is 0 Å². The first-order valence-electron chi connectivity index (χ1n) is 6.57. The van der Waals surface area contributed by atoms with E-state index in [2.05, 4.69) is 22.0 Å². The number of nitriles is 2. The molecule has 0 aromatic heterocycles. The molecule has 0 atom stereocenters. The first-order chi connectivity index (χ1) is 10.7. The van der Waals surface area contributed by atoms with Gasteiger partial charge < -0.3 is 9.84 Å². The van der Waals surface area contributed by atoms with Gasteiger partial charge in [-0.1, -0.05) is 15.9 Å². The van der Waals surface area contributed by atoms with Crippen molar-refractivity contribution >= 4 is 15.9 Å². The van der Waals surface area contributed by atoms with Crippen molar-refractivity contribution < 1.29 is 9.84 Å². The molecule has 0 saturated carbocycles. The Morgan fingerprint density at radius 1 is 0.909 bits per heavy atom. The SMILES string of the molecule is N#Cc1ccc(O)cc1.N#Cc1ccc(OCCCBr)cc1. The van der Waals surface area contributed by atoms with E-state index < -0.39 is 0 Å². The fourth-order valence-corrected chi connectivity index (χ4v) is 1.64. The predicted molar refractivity (Wildman–Crippen MR) is 87.9 cm³/mol. The number of nitrogens with zero attached hydrogens (tertiary/aromatic N) is 2. The molecule has 2 aromatic rings. The minimum Gasteiger partial charge on any atom is -0.508 e. The summed E-state index contributed by atoms with van der Waals surface area (Å²) in [7, 11) is 0. The van der Waals surface area contributed by atoms with Crippen LogP contribution in [0.15, 0.2) is 48.5 Å². The molecule has 2 rings (SSSR count). The normalized spacial score (nSPS) is 8.86. The van der Waals surface area contributed by atoms with E-state index in [0.29, 0.717) is 17.7 Å². The predicted octanol–water partition coefficient (Wildman–Crippen LogP) is 3.99. The maximum Gasteiger partial charge on any atom is 0.119 e. The number of halogens is 1. The van der Waals surface area contributed by atoms with Crippen LogP contribution in [0.2, 0.25) is 0 Å². The molecule has 1 N–H and O–H groups in total. The molecule has 0 amide bonds. The van der Waals surface area contributed by atoms with Crippen LogP contribution in [0.5, 0.6) is 11.5 Å². The molecule has 0 radical (unpaired) electrons. The standard InChI is InChI=1S/C10H10BrNO.C7H5NO/c11-6-1-7-13-10-4-2-9(8-12)3-5-10;8-5-6-1-3-7(9)4-2-6/h2-5H,1,6-7H2;1-4,9H. The number of aromatic hydroxyl groups is 1. The highest BCUT2D eigenvalue weighted by atomic mass is 79.9. The molecule has 0 heterocycles.